The molecule has 0 saturated carbocycles. The second-order valence-electron chi connectivity index (χ2n) is 7.34. The zero-order valence-electron chi connectivity index (χ0n) is 16.5. The lowest BCUT2D eigenvalue weighted by Crippen LogP contribution is -3.14. The van der Waals surface area contributed by atoms with Crippen molar-refractivity contribution in [3.8, 4) is 0 Å². The van der Waals surface area contributed by atoms with Crippen molar-refractivity contribution in [3.63, 3.8) is 0 Å². The van der Waals surface area contributed by atoms with E-state index in [2.05, 4.69) is 17.6 Å². The minimum Gasteiger partial charge on any atom is -0.329 e. The molecule has 148 valence electrons. The van der Waals surface area contributed by atoms with E-state index in [-0.39, 0.29) is 24.3 Å². The summed E-state index contributed by atoms with van der Waals surface area (Å²) >= 11 is 0. The highest BCUT2D eigenvalue weighted by atomic mass is 16.2. The lowest BCUT2D eigenvalue weighted by atomic mass is 10.0. The van der Waals surface area contributed by atoms with E-state index < -0.39 is 0 Å². The average molecular weight is 375 g/mol. The molecule has 0 aromatic heterocycles. The summed E-state index contributed by atoms with van der Waals surface area (Å²) in [6.07, 6.45) is 2.39. The summed E-state index contributed by atoms with van der Waals surface area (Å²) in [6.45, 7) is 8.63. The maximum absolute atomic E-state index is 12.6. The lowest BCUT2D eigenvalue weighted by Gasteiger charge is -2.29. The molecule has 1 aliphatic heterocycles. The van der Waals surface area contributed by atoms with Crippen LogP contribution in [0.5, 0.6) is 0 Å². The Kier molecular flexibility index (Phi) is 7.79. The number of likely N-dealkylation sites (N-methyl/N-ethyl adjacent to an activating group) is 1. The zero-order valence-corrected chi connectivity index (χ0v) is 16.5. The van der Waals surface area contributed by atoms with Crippen molar-refractivity contribution in [1.82, 2.24) is 4.90 Å². The highest BCUT2D eigenvalue weighted by molar-refractivity contribution is 5.95. The summed E-state index contributed by atoms with van der Waals surface area (Å²) in [5.41, 5.74) is 1.30. The van der Waals surface area contributed by atoms with Crippen molar-refractivity contribution >= 4 is 29.1 Å². The third-order valence-corrected chi connectivity index (χ3v) is 4.82. The van der Waals surface area contributed by atoms with Crippen LogP contribution in [0.2, 0.25) is 0 Å². The molecule has 3 N–H and O–H groups in total. The van der Waals surface area contributed by atoms with E-state index in [0.29, 0.717) is 30.4 Å². The monoisotopic (exact) mass is 375 g/mol. The molecule has 3 amide bonds. The number of amides is 3. The van der Waals surface area contributed by atoms with Gasteiger partial charge in [0.2, 0.25) is 11.8 Å². The highest BCUT2D eigenvalue weighted by Crippen LogP contribution is 2.13. The van der Waals surface area contributed by atoms with Gasteiger partial charge in [0, 0.05) is 30.8 Å². The maximum Gasteiger partial charge on any atom is 0.278 e. The molecule has 1 aliphatic rings. The van der Waals surface area contributed by atoms with Gasteiger partial charge in [-0.05, 0) is 44.0 Å². The first-order valence-corrected chi connectivity index (χ1v) is 9.66. The predicted molar refractivity (Wildman–Crippen MR) is 106 cm³/mol. The molecule has 0 bridgehead atoms. The van der Waals surface area contributed by atoms with E-state index >= 15 is 0 Å². The highest BCUT2D eigenvalue weighted by Gasteiger charge is 2.25. The molecule has 1 aromatic rings. The van der Waals surface area contributed by atoms with Gasteiger partial charge >= 0.3 is 0 Å². The fourth-order valence-electron chi connectivity index (χ4n) is 3.47. The van der Waals surface area contributed by atoms with Crippen molar-refractivity contribution in [2.45, 2.75) is 33.6 Å². The van der Waals surface area contributed by atoms with Crippen LogP contribution in [0.1, 0.15) is 33.6 Å². The van der Waals surface area contributed by atoms with Gasteiger partial charge in [0.15, 0.2) is 6.54 Å². The van der Waals surface area contributed by atoms with Crippen LogP contribution in [-0.2, 0) is 14.4 Å². The number of benzene rings is 1. The van der Waals surface area contributed by atoms with Gasteiger partial charge in [-0.25, -0.2) is 0 Å². The molecule has 1 fully saturated rings. The molecular weight excluding hydrogens is 344 g/mol. The van der Waals surface area contributed by atoms with Crippen LogP contribution in [0.4, 0.5) is 11.4 Å². The fourth-order valence-corrected chi connectivity index (χ4v) is 3.47. The number of nitrogens with zero attached hydrogens (tertiary/aromatic N) is 1. The van der Waals surface area contributed by atoms with Gasteiger partial charge in [-0.1, -0.05) is 6.92 Å². The number of hydrogen-bond acceptors (Lipinski definition) is 3. The topological polar surface area (TPSA) is 83.0 Å². The Morgan fingerprint density at radius 3 is 2.33 bits per heavy atom. The number of hydrogen-bond donors (Lipinski definition) is 3. The van der Waals surface area contributed by atoms with Crippen molar-refractivity contribution in [2.24, 2.45) is 5.92 Å². The number of anilines is 2. The van der Waals surface area contributed by atoms with Gasteiger partial charge in [-0.15, -0.1) is 0 Å². The van der Waals surface area contributed by atoms with Crippen LogP contribution in [0.25, 0.3) is 0 Å². The van der Waals surface area contributed by atoms with E-state index in [1.54, 1.807) is 29.2 Å². The molecule has 1 unspecified atom stereocenters. The molecule has 27 heavy (non-hydrogen) atoms. The SMILES string of the molecule is CCN(CC(=O)Nc1ccc(NC(C)=O)cc1)C(=O)C[NH+]1CCC[C@H](C)C1. The molecule has 7 heteroatoms. The maximum atomic E-state index is 12.6. The van der Waals surface area contributed by atoms with Crippen molar-refractivity contribution in [1.29, 1.82) is 0 Å². The second kappa shape index (κ2) is 10.1. The smallest absolute Gasteiger partial charge is 0.278 e. The normalized spacial score (nSPS) is 19.2. The molecule has 2 atom stereocenters. The molecule has 0 spiro atoms. The van der Waals surface area contributed by atoms with Crippen molar-refractivity contribution < 1.29 is 19.3 Å². The number of nitrogens with one attached hydrogen (secondary N) is 3. The van der Waals surface area contributed by atoms with Gasteiger partial charge in [-0.3, -0.25) is 14.4 Å². The molecule has 1 aromatic carbocycles. The lowest BCUT2D eigenvalue weighted by molar-refractivity contribution is -0.900. The standard InChI is InChI=1S/C20H30N4O3/c1-4-24(20(27)14-23-11-5-6-15(2)12-23)13-19(26)22-18-9-7-17(8-10-18)21-16(3)25/h7-10,15H,4-6,11-14H2,1-3H3,(H,21,25)(H,22,26)/p+1/t15-/m0/s1. The largest absolute Gasteiger partial charge is 0.329 e. The number of piperidine rings is 1. The molecule has 1 saturated heterocycles. The van der Waals surface area contributed by atoms with Crippen LogP contribution >= 0.6 is 0 Å². The fraction of sp³-hybridized carbons (Fsp3) is 0.550. The Morgan fingerprint density at radius 2 is 1.78 bits per heavy atom. The van der Waals surface area contributed by atoms with Gasteiger partial charge < -0.3 is 20.4 Å². The van der Waals surface area contributed by atoms with E-state index in [9.17, 15) is 14.4 Å². The Hall–Kier alpha value is -2.41. The summed E-state index contributed by atoms with van der Waals surface area (Å²) in [7, 11) is 0. The van der Waals surface area contributed by atoms with Crippen LogP contribution in [0.15, 0.2) is 24.3 Å². The van der Waals surface area contributed by atoms with Crippen LogP contribution < -0.4 is 15.5 Å². The Balaban J connectivity index is 1.84. The number of likely N-dealkylation sites (tertiary alicyclic amines) is 1. The third kappa shape index (κ3) is 7.02. The number of quaternary nitrogens is 1. The van der Waals surface area contributed by atoms with Crippen LogP contribution in [0.3, 0.4) is 0 Å². The molecule has 0 aliphatic carbocycles. The number of rotatable bonds is 7. The van der Waals surface area contributed by atoms with Crippen LogP contribution in [-0.4, -0.2) is 55.3 Å². The Bertz CT molecular complexity index is 660. The first kappa shape index (κ1) is 20.9. The minimum atomic E-state index is -0.223. The second-order valence-corrected chi connectivity index (χ2v) is 7.34. The molecule has 0 radical (unpaired) electrons. The van der Waals surface area contributed by atoms with E-state index in [1.807, 2.05) is 6.92 Å². The molecular formula is C20H31N4O3+. The van der Waals surface area contributed by atoms with Crippen LogP contribution in [0, 0.1) is 5.92 Å². The Morgan fingerprint density at radius 1 is 1.15 bits per heavy atom. The van der Waals surface area contributed by atoms with E-state index in [4.69, 9.17) is 0 Å². The predicted octanol–water partition coefficient (Wildman–Crippen LogP) is 0.747. The average Bonchev–Trinajstić information content (AvgIpc) is 2.61. The first-order chi connectivity index (χ1) is 12.9. The molecule has 7 nitrogen and oxygen atoms in total. The van der Waals surface area contributed by atoms with Crippen molar-refractivity contribution in [2.75, 3.05) is 43.4 Å². The summed E-state index contributed by atoms with van der Waals surface area (Å²) < 4.78 is 0. The van der Waals surface area contributed by atoms with E-state index in [1.165, 1.54) is 18.2 Å². The summed E-state index contributed by atoms with van der Waals surface area (Å²) in [5, 5.41) is 5.48. The quantitative estimate of drug-likeness (QED) is 0.658. The van der Waals surface area contributed by atoms with Gasteiger partial charge in [-0.2, -0.15) is 0 Å². The van der Waals surface area contributed by atoms with Gasteiger partial charge in [0.1, 0.15) is 6.54 Å². The third-order valence-electron chi connectivity index (χ3n) is 4.82. The minimum absolute atomic E-state index is 0.0257. The van der Waals surface area contributed by atoms with E-state index in [0.717, 1.165) is 19.5 Å². The number of carbonyl (C=O) groups excluding carboxylic acids is 3. The van der Waals surface area contributed by atoms with Gasteiger partial charge in [0.25, 0.3) is 5.91 Å². The summed E-state index contributed by atoms with van der Waals surface area (Å²) in [5.74, 6) is 0.312. The van der Waals surface area contributed by atoms with Gasteiger partial charge in [0.05, 0.1) is 13.1 Å². The summed E-state index contributed by atoms with van der Waals surface area (Å²) in [6, 6.07) is 6.89. The number of carbonyl (C=O) groups is 3. The Labute approximate surface area is 161 Å². The van der Waals surface area contributed by atoms with Crippen molar-refractivity contribution in [3.05, 3.63) is 24.3 Å². The summed E-state index contributed by atoms with van der Waals surface area (Å²) in [4.78, 5) is 38.8. The molecule has 2 rings (SSSR count). The first-order valence-electron chi connectivity index (χ1n) is 9.66. The molecule has 1 heterocycles. The zero-order chi connectivity index (χ0) is 19.8.